The number of carbonyl (C=O) groups is 1. The summed E-state index contributed by atoms with van der Waals surface area (Å²) in [5.41, 5.74) is 5.88. The van der Waals surface area contributed by atoms with Crippen LogP contribution in [0.5, 0.6) is 5.75 Å². The third kappa shape index (κ3) is 3.46. The number of ether oxygens (including phenoxy) is 1. The molecule has 0 aliphatic rings. The molecular formula is C12H17NO3. The third-order valence-corrected chi connectivity index (χ3v) is 2.27. The van der Waals surface area contributed by atoms with E-state index in [1.54, 1.807) is 12.1 Å². The lowest BCUT2D eigenvalue weighted by atomic mass is 10.2. The molecule has 0 aliphatic heterocycles. The summed E-state index contributed by atoms with van der Waals surface area (Å²) in [6.45, 7) is 2.72. The van der Waals surface area contributed by atoms with Gasteiger partial charge < -0.3 is 15.6 Å². The fraction of sp³-hybridized carbons (Fsp3) is 0.417. The van der Waals surface area contributed by atoms with Crippen LogP contribution in [-0.2, 0) is 0 Å². The summed E-state index contributed by atoms with van der Waals surface area (Å²) in [7, 11) is 0. The highest BCUT2D eigenvalue weighted by Gasteiger charge is 2.08. The molecule has 0 atom stereocenters. The van der Waals surface area contributed by atoms with Gasteiger partial charge in [-0.2, -0.15) is 0 Å². The number of unbranched alkanes of at least 4 members (excludes halogenated alkanes) is 2. The van der Waals surface area contributed by atoms with Crippen molar-refractivity contribution in [3.8, 4) is 5.75 Å². The zero-order chi connectivity index (χ0) is 12.0. The van der Waals surface area contributed by atoms with Gasteiger partial charge in [0.1, 0.15) is 5.75 Å². The quantitative estimate of drug-likeness (QED) is 0.574. The van der Waals surface area contributed by atoms with E-state index >= 15 is 0 Å². The maximum atomic E-state index is 10.8. The molecule has 0 spiro atoms. The Bertz CT molecular complexity index is 363. The molecule has 0 saturated heterocycles. The Labute approximate surface area is 95.0 Å². The molecule has 3 N–H and O–H groups in total. The second-order valence-corrected chi connectivity index (χ2v) is 3.61. The van der Waals surface area contributed by atoms with Crippen LogP contribution in [0.15, 0.2) is 18.2 Å². The minimum Gasteiger partial charge on any atom is -0.494 e. The normalized spacial score (nSPS) is 10.1. The molecule has 1 aromatic carbocycles. The molecule has 16 heavy (non-hydrogen) atoms. The molecule has 0 amide bonds. The minimum atomic E-state index is -1.03. The van der Waals surface area contributed by atoms with Crippen LogP contribution in [0.1, 0.15) is 36.5 Å². The number of nitrogens with two attached hydrogens (primary N) is 1. The highest BCUT2D eigenvalue weighted by molar-refractivity contribution is 5.94. The van der Waals surface area contributed by atoms with Gasteiger partial charge in [0.25, 0.3) is 0 Å². The van der Waals surface area contributed by atoms with Crippen molar-refractivity contribution < 1.29 is 14.6 Å². The number of anilines is 1. The minimum absolute atomic E-state index is 0.0907. The predicted octanol–water partition coefficient (Wildman–Crippen LogP) is 2.54. The first-order valence-electron chi connectivity index (χ1n) is 5.40. The molecule has 0 aromatic heterocycles. The second kappa shape index (κ2) is 6.00. The van der Waals surface area contributed by atoms with Crippen LogP contribution >= 0.6 is 0 Å². The number of hydrogen-bond donors (Lipinski definition) is 2. The van der Waals surface area contributed by atoms with Crippen LogP contribution in [0, 0.1) is 0 Å². The van der Waals surface area contributed by atoms with Crippen LogP contribution in [0.2, 0.25) is 0 Å². The zero-order valence-corrected chi connectivity index (χ0v) is 9.40. The summed E-state index contributed by atoms with van der Waals surface area (Å²) in [6.07, 6.45) is 3.22. The maximum absolute atomic E-state index is 10.8. The summed E-state index contributed by atoms with van der Waals surface area (Å²) in [5, 5.41) is 8.86. The number of carboxylic acids is 1. The average Bonchev–Trinajstić information content (AvgIpc) is 2.26. The number of rotatable bonds is 6. The van der Waals surface area contributed by atoms with Gasteiger partial charge in [0, 0.05) is 5.69 Å². The van der Waals surface area contributed by atoms with Gasteiger partial charge in [-0.05, 0) is 24.6 Å². The molecule has 0 heterocycles. The van der Waals surface area contributed by atoms with Gasteiger partial charge in [-0.25, -0.2) is 4.79 Å². The lowest BCUT2D eigenvalue weighted by molar-refractivity contribution is 0.0697. The van der Waals surface area contributed by atoms with Gasteiger partial charge in [0.05, 0.1) is 12.2 Å². The number of hydrogen-bond acceptors (Lipinski definition) is 3. The second-order valence-electron chi connectivity index (χ2n) is 3.61. The van der Waals surface area contributed by atoms with E-state index in [0.717, 1.165) is 19.3 Å². The van der Waals surface area contributed by atoms with E-state index < -0.39 is 5.97 Å². The van der Waals surface area contributed by atoms with Gasteiger partial charge in [-0.1, -0.05) is 19.8 Å². The van der Waals surface area contributed by atoms with E-state index in [2.05, 4.69) is 6.92 Å². The smallest absolute Gasteiger partial charge is 0.337 e. The predicted molar refractivity (Wildman–Crippen MR) is 62.8 cm³/mol. The Morgan fingerprint density at radius 3 is 2.81 bits per heavy atom. The molecule has 4 nitrogen and oxygen atoms in total. The maximum Gasteiger partial charge on any atom is 0.337 e. The SMILES string of the molecule is CCCCCOc1ccc(N)c(C(=O)O)c1. The molecular weight excluding hydrogens is 206 g/mol. The van der Waals surface area contributed by atoms with Crippen LogP contribution < -0.4 is 10.5 Å². The molecule has 1 aromatic rings. The highest BCUT2D eigenvalue weighted by Crippen LogP contribution is 2.19. The third-order valence-electron chi connectivity index (χ3n) is 2.27. The van der Waals surface area contributed by atoms with Crippen LogP contribution in [0.3, 0.4) is 0 Å². The molecule has 0 radical (unpaired) electrons. The van der Waals surface area contributed by atoms with E-state index in [4.69, 9.17) is 15.6 Å². The largest absolute Gasteiger partial charge is 0.494 e. The number of benzene rings is 1. The molecule has 88 valence electrons. The summed E-state index contributed by atoms with van der Waals surface area (Å²) < 4.78 is 5.44. The van der Waals surface area contributed by atoms with Crippen LogP contribution in [-0.4, -0.2) is 17.7 Å². The van der Waals surface area contributed by atoms with Crippen molar-refractivity contribution in [3.63, 3.8) is 0 Å². The summed E-state index contributed by atoms with van der Waals surface area (Å²) in [5.74, 6) is -0.473. The molecule has 0 bridgehead atoms. The Morgan fingerprint density at radius 1 is 1.44 bits per heavy atom. The first-order chi connectivity index (χ1) is 7.65. The summed E-state index contributed by atoms with van der Waals surface area (Å²) in [4.78, 5) is 10.8. The van der Waals surface area contributed by atoms with Crippen molar-refractivity contribution in [3.05, 3.63) is 23.8 Å². The standard InChI is InChI=1S/C12H17NO3/c1-2-3-4-7-16-9-5-6-11(13)10(8-9)12(14)15/h5-6,8H,2-4,7,13H2,1H3,(H,14,15). The average molecular weight is 223 g/mol. The van der Waals surface area contributed by atoms with Crippen molar-refractivity contribution in [2.24, 2.45) is 0 Å². The molecule has 1 rings (SSSR count). The van der Waals surface area contributed by atoms with E-state index in [1.165, 1.54) is 6.07 Å². The number of nitrogen functional groups attached to an aromatic ring is 1. The van der Waals surface area contributed by atoms with Crippen molar-refractivity contribution in [2.45, 2.75) is 26.2 Å². The Kier molecular flexibility index (Phi) is 4.64. The summed E-state index contributed by atoms with van der Waals surface area (Å²) >= 11 is 0. The Hall–Kier alpha value is -1.71. The van der Waals surface area contributed by atoms with Crippen molar-refractivity contribution >= 4 is 11.7 Å². The van der Waals surface area contributed by atoms with Gasteiger partial charge in [-0.3, -0.25) is 0 Å². The van der Waals surface area contributed by atoms with Crippen molar-refractivity contribution in [2.75, 3.05) is 12.3 Å². The van der Waals surface area contributed by atoms with Gasteiger partial charge in [-0.15, -0.1) is 0 Å². The van der Waals surface area contributed by atoms with E-state index in [-0.39, 0.29) is 11.3 Å². The van der Waals surface area contributed by atoms with E-state index in [1.807, 2.05) is 0 Å². The van der Waals surface area contributed by atoms with E-state index in [0.29, 0.717) is 12.4 Å². The molecule has 0 saturated carbocycles. The first-order valence-corrected chi connectivity index (χ1v) is 5.40. The van der Waals surface area contributed by atoms with Gasteiger partial charge >= 0.3 is 5.97 Å². The monoisotopic (exact) mass is 223 g/mol. The number of aromatic carboxylic acids is 1. The fourth-order valence-corrected chi connectivity index (χ4v) is 1.35. The zero-order valence-electron chi connectivity index (χ0n) is 9.40. The van der Waals surface area contributed by atoms with Gasteiger partial charge in [0.2, 0.25) is 0 Å². The first kappa shape index (κ1) is 12.4. The van der Waals surface area contributed by atoms with Crippen molar-refractivity contribution in [1.29, 1.82) is 0 Å². The summed E-state index contributed by atoms with van der Waals surface area (Å²) in [6, 6.07) is 4.70. The lowest BCUT2D eigenvalue weighted by Gasteiger charge is -2.07. The van der Waals surface area contributed by atoms with Crippen LogP contribution in [0.4, 0.5) is 5.69 Å². The number of carboxylic acid groups (broad SMARTS) is 1. The van der Waals surface area contributed by atoms with Crippen LogP contribution in [0.25, 0.3) is 0 Å². The van der Waals surface area contributed by atoms with Crippen molar-refractivity contribution in [1.82, 2.24) is 0 Å². The van der Waals surface area contributed by atoms with Gasteiger partial charge in [0.15, 0.2) is 0 Å². The Morgan fingerprint density at radius 2 is 2.19 bits per heavy atom. The van der Waals surface area contributed by atoms with E-state index in [9.17, 15) is 4.79 Å². The fourth-order valence-electron chi connectivity index (χ4n) is 1.35. The topological polar surface area (TPSA) is 72.5 Å². The molecule has 4 heteroatoms. The Balaban J connectivity index is 2.61. The molecule has 0 unspecified atom stereocenters. The highest BCUT2D eigenvalue weighted by atomic mass is 16.5. The molecule has 0 aliphatic carbocycles. The lowest BCUT2D eigenvalue weighted by Crippen LogP contribution is -2.04. The molecule has 0 fully saturated rings.